The van der Waals surface area contributed by atoms with E-state index in [-0.39, 0.29) is 18.9 Å². The summed E-state index contributed by atoms with van der Waals surface area (Å²) >= 11 is 0. The van der Waals surface area contributed by atoms with E-state index in [0.29, 0.717) is 12.8 Å². The first-order chi connectivity index (χ1) is 50.3. The van der Waals surface area contributed by atoms with E-state index in [1.54, 1.807) is 6.08 Å². The molecule has 600 valence electrons. The molecule has 0 aliphatic carbocycles. The topological polar surface area (TPSA) is 307 Å². The number of aliphatic hydroxyl groups excluding tert-OH is 11. The predicted octanol–water partition coefficient (Wildman–Crippen LogP) is 14.4. The molecule has 3 aliphatic heterocycles. The molecule has 3 fully saturated rings. The molecule has 19 heteroatoms. The summed E-state index contributed by atoms with van der Waals surface area (Å²) in [6.45, 7) is 1.72. The molecule has 103 heavy (non-hydrogen) atoms. The average Bonchev–Trinajstić information content (AvgIpc) is 0.781. The molecule has 17 unspecified atom stereocenters. The van der Waals surface area contributed by atoms with Gasteiger partial charge in [-0.05, 0) is 83.5 Å². The summed E-state index contributed by atoms with van der Waals surface area (Å²) in [5.74, 6) is -0.286. The van der Waals surface area contributed by atoms with Crippen LogP contribution in [0.25, 0.3) is 0 Å². The molecule has 17 atom stereocenters. The molecular weight excluding hydrogens is 1310 g/mol. The van der Waals surface area contributed by atoms with Gasteiger partial charge in [0, 0.05) is 6.42 Å². The van der Waals surface area contributed by atoms with Gasteiger partial charge in [-0.15, -0.1) is 0 Å². The molecule has 3 heterocycles. The molecule has 12 N–H and O–H groups in total. The van der Waals surface area contributed by atoms with Gasteiger partial charge in [0.2, 0.25) is 5.91 Å². The summed E-state index contributed by atoms with van der Waals surface area (Å²) in [5, 5.41) is 121. The van der Waals surface area contributed by atoms with Gasteiger partial charge in [-0.3, -0.25) is 4.79 Å². The number of hydrogen-bond acceptors (Lipinski definition) is 18. The third kappa shape index (κ3) is 43.9. The molecule has 1 amide bonds. The fourth-order valence-electron chi connectivity index (χ4n) is 13.8. The number of hydrogen-bond donors (Lipinski definition) is 12. The first-order valence-electron chi connectivity index (χ1n) is 41.7. The van der Waals surface area contributed by atoms with Crippen molar-refractivity contribution in [1.29, 1.82) is 0 Å². The Bertz CT molecular complexity index is 2140. The second kappa shape index (κ2) is 64.1. The minimum absolute atomic E-state index is 0.233. The zero-order valence-electron chi connectivity index (χ0n) is 64.3. The average molecular weight is 1460 g/mol. The van der Waals surface area contributed by atoms with Crippen molar-refractivity contribution >= 4 is 5.91 Å². The highest BCUT2D eigenvalue weighted by atomic mass is 16.8. The molecule has 0 aromatic heterocycles. The lowest BCUT2D eigenvalue weighted by Gasteiger charge is -2.48. The van der Waals surface area contributed by atoms with Crippen LogP contribution in [0.2, 0.25) is 0 Å². The summed E-state index contributed by atoms with van der Waals surface area (Å²) in [5.41, 5.74) is 0. The fourth-order valence-corrected chi connectivity index (χ4v) is 13.8. The molecule has 0 aromatic rings. The lowest BCUT2D eigenvalue weighted by atomic mass is 9.96. The van der Waals surface area contributed by atoms with Crippen LogP contribution >= 0.6 is 0 Å². The molecule has 0 saturated carbocycles. The molecule has 3 saturated heterocycles. The molecule has 19 nitrogen and oxygen atoms in total. The molecule has 0 aromatic carbocycles. The van der Waals surface area contributed by atoms with Crippen molar-refractivity contribution in [3.8, 4) is 0 Å². The van der Waals surface area contributed by atoms with Crippen LogP contribution in [-0.4, -0.2) is 193 Å². The van der Waals surface area contributed by atoms with Crippen LogP contribution in [0.4, 0.5) is 0 Å². The standard InChI is InChI=1S/C84H151NO18/c1-3-5-7-9-11-13-15-17-19-21-23-24-25-26-27-28-29-30-31-32-33-34-35-36-37-38-39-40-41-42-44-46-48-50-52-54-56-58-60-62-72(90)85-67(68(89)61-59-57-55-53-51-49-47-45-43-22-20-18-16-14-12-10-8-6-4-2)66-98-82-78(96)75(93)80(70(64-87)100-82)103-84-79(97)76(94)81(71(65-88)101-84)102-83-77(95)74(92)73(91)69(63-86)99-83/h15,17,21,23,25-26,43,45,51,53,59,61,67-71,73-84,86-89,91-97H,3-14,16,18-20,22,24,27-42,44,46-50,52,54-58,60,62-66H2,1-2H3,(H,85,90)/b17-15-,23-21-,26-25-,45-43+,53-51+,61-59+. The van der Waals surface area contributed by atoms with Gasteiger partial charge in [0.25, 0.3) is 0 Å². The van der Waals surface area contributed by atoms with Crippen molar-refractivity contribution in [2.24, 2.45) is 0 Å². The van der Waals surface area contributed by atoms with Gasteiger partial charge < -0.3 is 89.9 Å². The van der Waals surface area contributed by atoms with Crippen LogP contribution in [0.3, 0.4) is 0 Å². The zero-order valence-corrected chi connectivity index (χ0v) is 64.3. The summed E-state index contributed by atoms with van der Waals surface area (Å²) in [7, 11) is 0. The predicted molar refractivity (Wildman–Crippen MR) is 411 cm³/mol. The third-order valence-electron chi connectivity index (χ3n) is 20.5. The van der Waals surface area contributed by atoms with Crippen molar-refractivity contribution in [3.05, 3.63) is 72.9 Å². The van der Waals surface area contributed by atoms with Crippen molar-refractivity contribution in [1.82, 2.24) is 5.32 Å². The van der Waals surface area contributed by atoms with E-state index >= 15 is 0 Å². The van der Waals surface area contributed by atoms with Gasteiger partial charge in [0.05, 0.1) is 38.6 Å². The van der Waals surface area contributed by atoms with Crippen LogP contribution in [0.5, 0.6) is 0 Å². The minimum atomic E-state index is -1.98. The second-order valence-electron chi connectivity index (χ2n) is 29.6. The van der Waals surface area contributed by atoms with Crippen LogP contribution in [0.1, 0.15) is 322 Å². The number of allylic oxidation sites excluding steroid dienone is 11. The number of nitrogens with one attached hydrogen (secondary N) is 1. The summed E-state index contributed by atoms with van der Waals surface area (Å²) < 4.78 is 34.4. The third-order valence-corrected chi connectivity index (χ3v) is 20.5. The quantitative estimate of drug-likeness (QED) is 0.0199. The highest BCUT2D eigenvalue weighted by Gasteiger charge is 2.54. The largest absolute Gasteiger partial charge is 0.394 e. The number of carbonyl (C=O) groups is 1. The number of aliphatic hydroxyl groups is 11. The van der Waals surface area contributed by atoms with Crippen molar-refractivity contribution in [2.75, 3.05) is 26.4 Å². The van der Waals surface area contributed by atoms with Crippen molar-refractivity contribution < 1.29 is 89.4 Å². The second-order valence-corrected chi connectivity index (χ2v) is 29.6. The molecule has 0 spiro atoms. The van der Waals surface area contributed by atoms with Crippen molar-refractivity contribution in [2.45, 2.75) is 426 Å². The smallest absolute Gasteiger partial charge is 0.220 e. The summed E-state index contributed by atoms with van der Waals surface area (Å²) in [6.07, 6.45) is 57.7. The van der Waals surface area contributed by atoms with E-state index in [1.807, 2.05) is 6.08 Å². The maximum atomic E-state index is 13.5. The Labute approximate surface area is 623 Å². The monoisotopic (exact) mass is 1460 g/mol. The van der Waals surface area contributed by atoms with Gasteiger partial charge in [-0.25, -0.2) is 0 Å². The maximum Gasteiger partial charge on any atom is 0.220 e. The molecule has 3 aliphatic rings. The zero-order chi connectivity index (χ0) is 74.6. The highest BCUT2D eigenvalue weighted by molar-refractivity contribution is 5.76. The first kappa shape index (κ1) is 94.4. The van der Waals surface area contributed by atoms with Gasteiger partial charge >= 0.3 is 0 Å². The maximum absolute atomic E-state index is 13.5. The Balaban J connectivity index is 1.32. The van der Waals surface area contributed by atoms with Gasteiger partial charge in [0.15, 0.2) is 18.9 Å². The lowest BCUT2D eigenvalue weighted by Crippen LogP contribution is -2.66. The highest BCUT2D eigenvalue weighted by Crippen LogP contribution is 2.33. The van der Waals surface area contributed by atoms with Gasteiger partial charge in [-0.1, -0.05) is 305 Å². The van der Waals surface area contributed by atoms with E-state index < -0.39 is 124 Å². The lowest BCUT2D eigenvalue weighted by molar-refractivity contribution is -0.379. The number of rotatable bonds is 66. The van der Waals surface area contributed by atoms with E-state index in [1.165, 1.54) is 231 Å². The molecule has 0 bridgehead atoms. The van der Waals surface area contributed by atoms with E-state index in [9.17, 15) is 61.0 Å². The molecule has 3 rings (SSSR count). The van der Waals surface area contributed by atoms with E-state index in [0.717, 1.165) is 57.8 Å². The molecule has 0 radical (unpaired) electrons. The van der Waals surface area contributed by atoms with Crippen LogP contribution in [-0.2, 0) is 33.2 Å². The Kier molecular flexibility index (Phi) is 58.8. The van der Waals surface area contributed by atoms with Crippen LogP contribution in [0.15, 0.2) is 72.9 Å². The SMILES string of the molecule is CCCCCCC/C=C\C/C=C\C/C=C\CCCCCCCCCCCCCCCCCCCCCCCCCCC(=O)NC(COC1OC(CO)C(OC2OC(CO)C(OC3OC(CO)C(O)C(O)C3O)C(O)C2O)C(O)C1O)C(O)/C=C/CC/C=C/CC/C=C/CCCCCCCCCCC. The van der Waals surface area contributed by atoms with Crippen molar-refractivity contribution in [3.63, 3.8) is 0 Å². The van der Waals surface area contributed by atoms with Crippen LogP contribution < -0.4 is 5.32 Å². The molecular formula is C84H151NO18. The van der Waals surface area contributed by atoms with E-state index in [2.05, 4.69) is 79.9 Å². The normalized spacial score (nSPS) is 26.4. The van der Waals surface area contributed by atoms with Gasteiger partial charge in [-0.2, -0.15) is 0 Å². The number of unbranched alkanes of at least 4 members (excludes halogenated alkanes) is 40. The Morgan fingerprint density at radius 3 is 1.04 bits per heavy atom. The first-order valence-corrected chi connectivity index (χ1v) is 41.7. The Morgan fingerprint density at radius 1 is 0.350 bits per heavy atom. The number of ether oxygens (including phenoxy) is 6. The minimum Gasteiger partial charge on any atom is -0.394 e. The summed E-state index contributed by atoms with van der Waals surface area (Å²) in [6, 6.07) is -0.998. The fraction of sp³-hybridized carbons (Fsp3) is 0.845. The Hall–Kier alpha value is -2.77. The summed E-state index contributed by atoms with van der Waals surface area (Å²) in [4.78, 5) is 13.5. The van der Waals surface area contributed by atoms with E-state index in [4.69, 9.17) is 28.4 Å². The number of carbonyl (C=O) groups excluding carboxylic acids is 1. The number of amides is 1. The van der Waals surface area contributed by atoms with Gasteiger partial charge in [0.1, 0.15) is 73.2 Å². The van der Waals surface area contributed by atoms with Crippen LogP contribution in [0, 0.1) is 0 Å². The Morgan fingerprint density at radius 2 is 0.650 bits per heavy atom.